The maximum Gasteiger partial charge on any atom is 0.338 e. The second-order valence-corrected chi connectivity index (χ2v) is 3.34. The van der Waals surface area contributed by atoms with E-state index < -0.39 is 11.9 Å². The highest BCUT2D eigenvalue weighted by atomic mass is 16.5. The maximum atomic E-state index is 11.4. The first-order valence-electron chi connectivity index (χ1n) is 4.55. The van der Waals surface area contributed by atoms with E-state index in [9.17, 15) is 9.59 Å². The van der Waals surface area contributed by atoms with Crippen molar-refractivity contribution in [3.63, 3.8) is 0 Å². The van der Waals surface area contributed by atoms with Gasteiger partial charge < -0.3 is 9.84 Å². The van der Waals surface area contributed by atoms with Gasteiger partial charge in [-0.05, 0) is 32.0 Å². The molecule has 0 atom stereocenters. The lowest BCUT2D eigenvalue weighted by Gasteiger charge is -2.07. The molecular formula is C11H12O4. The summed E-state index contributed by atoms with van der Waals surface area (Å²) in [5.74, 6) is -1.57. The van der Waals surface area contributed by atoms with Crippen molar-refractivity contribution in [1.82, 2.24) is 0 Å². The Balaban J connectivity index is 2.90. The summed E-state index contributed by atoms with van der Waals surface area (Å²) in [6, 6.07) is 5.76. The molecule has 0 spiro atoms. The maximum absolute atomic E-state index is 11.4. The van der Waals surface area contributed by atoms with Gasteiger partial charge in [0.15, 0.2) is 0 Å². The van der Waals surface area contributed by atoms with Crippen LogP contribution < -0.4 is 0 Å². The summed E-state index contributed by atoms with van der Waals surface area (Å²) >= 11 is 0. The zero-order chi connectivity index (χ0) is 11.4. The quantitative estimate of drug-likeness (QED) is 0.771. The van der Waals surface area contributed by atoms with Crippen LogP contribution in [0, 0.1) is 0 Å². The van der Waals surface area contributed by atoms with Gasteiger partial charge in [-0.1, -0.05) is 6.07 Å². The Morgan fingerprint density at radius 1 is 1.27 bits per heavy atom. The molecule has 0 bridgehead atoms. The van der Waals surface area contributed by atoms with Crippen LogP contribution in [0.25, 0.3) is 0 Å². The van der Waals surface area contributed by atoms with Crippen molar-refractivity contribution < 1.29 is 19.4 Å². The number of carboxylic acids is 1. The molecule has 0 fully saturated rings. The molecule has 0 radical (unpaired) electrons. The van der Waals surface area contributed by atoms with Crippen LogP contribution in [-0.4, -0.2) is 23.1 Å². The lowest BCUT2D eigenvalue weighted by molar-refractivity contribution is 0.0378. The molecule has 4 heteroatoms. The SMILES string of the molecule is CC(C)OC(=O)c1cccc(C(=O)O)c1. The van der Waals surface area contributed by atoms with Gasteiger partial charge in [-0.25, -0.2) is 9.59 Å². The predicted molar refractivity (Wildman–Crippen MR) is 54.0 cm³/mol. The summed E-state index contributed by atoms with van der Waals surface area (Å²) < 4.78 is 4.94. The van der Waals surface area contributed by atoms with Crippen LogP contribution in [0.5, 0.6) is 0 Å². The van der Waals surface area contributed by atoms with Crippen LogP contribution in [0.15, 0.2) is 24.3 Å². The van der Waals surface area contributed by atoms with Gasteiger partial charge in [0.2, 0.25) is 0 Å². The van der Waals surface area contributed by atoms with Crippen molar-refractivity contribution in [1.29, 1.82) is 0 Å². The summed E-state index contributed by atoms with van der Waals surface area (Å²) in [6.45, 7) is 3.47. The van der Waals surface area contributed by atoms with E-state index in [-0.39, 0.29) is 17.2 Å². The number of carbonyl (C=O) groups is 2. The van der Waals surface area contributed by atoms with E-state index in [1.54, 1.807) is 13.8 Å². The van der Waals surface area contributed by atoms with Crippen LogP contribution in [0.3, 0.4) is 0 Å². The first kappa shape index (κ1) is 11.2. The molecule has 0 saturated carbocycles. The highest BCUT2D eigenvalue weighted by Gasteiger charge is 2.11. The average molecular weight is 208 g/mol. The summed E-state index contributed by atoms with van der Waals surface area (Å²) in [5, 5.41) is 8.72. The zero-order valence-corrected chi connectivity index (χ0v) is 8.56. The van der Waals surface area contributed by atoms with Crippen molar-refractivity contribution in [2.75, 3.05) is 0 Å². The van der Waals surface area contributed by atoms with E-state index in [0.717, 1.165) is 0 Å². The molecule has 0 aromatic heterocycles. The van der Waals surface area contributed by atoms with E-state index >= 15 is 0 Å². The molecule has 15 heavy (non-hydrogen) atoms. The molecule has 0 aliphatic heterocycles. The van der Waals surface area contributed by atoms with Crippen LogP contribution in [-0.2, 0) is 4.74 Å². The number of carboxylic acid groups (broad SMARTS) is 1. The number of esters is 1. The van der Waals surface area contributed by atoms with Gasteiger partial charge in [0.25, 0.3) is 0 Å². The fourth-order valence-electron chi connectivity index (χ4n) is 1.06. The smallest absolute Gasteiger partial charge is 0.338 e. The Kier molecular flexibility index (Phi) is 3.44. The number of carbonyl (C=O) groups excluding carboxylic acids is 1. The minimum absolute atomic E-state index is 0.0770. The van der Waals surface area contributed by atoms with Gasteiger partial charge in [-0.3, -0.25) is 0 Å². The minimum atomic E-state index is -1.06. The molecule has 1 rings (SSSR count). The molecule has 0 heterocycles. The molecule has 80 valence electrons. The Morgan fingerprint density at radius 3 is 2.40 bits per heavy atom. The largest absolute Gasteiger partial charge is 0.478 e. The van der Waals surface area contributed by atoms with Gasteiger partial charge in [0, 0.05) is 0 Å². The minimum Gasteiger partial charge on any atom is -0.478 e. The van der Waals surface area contributed by atoms with E-state index in [0.29, 0.717) is 0 Å². The lowest BCUT2D eigenvalue weighted by atomic mass is 10.1. The van der Waals surface area contributed by atoms with Crippen LogP contribution in [0.2, 0.25) is 0 Å². The van der Waals surface area contributed by atoms with Gasteiger partial charge in [-0.2, -0.15) is 0 Å². The molecule has 0 aliphatic carbocycles. The number of hydrogen-bond acceptors (Lipinski definition) is 3. The Bertz CT molecular complexity index is 382. The molecule has 1 aromatic rings. The van der Waals surface area contributed by atoms with Crippen LogP contribution >= 0.6 is 0 Å². The second-order valence-electron chi connectivity index (χ2n) is 3.34. The molecule has 4 nitrogen and oxygen atoms in total. The third-order valence-corrected chi connectivity index (χ3v) is 1.69. The van der Waals surface area contributed by atoms with Crippen molar-refractivity contribution in [2.45, 2.75) is 20.0 Å². The Morgan fingerprint density at radius 2 is 1.87 bits per heavy atom. The number of hydrogen-bond donors (Lipinski definition) is 1. The summed E-state index contributed by atoms with van der Waals surface area (Å²) in [4.78, 5) is 22.1. The lowest BCUT2D eigenvalue weighted by Crippen LogP contribution is -2.12. The summed E-state index contributed by atoms with van der Waals surface area (Å²) in [6.07, 6.45) is -0.217. The van der Waals surface area contributed by atoms with E-state index in [2.05, 4.69) is 0 Å². The topological polar surface area (TPSA) is 63.6 Å². The zero-order valence-electron chi connectivity index (χ0n) is 8.56. The van der Waals surface area contributed by atoms with E-state index in [1.165, 1.54) is 24.3 Å². The summed E-state index contributed by atoms with van der Waals surface area (Å²) in [7, 11) is 0. The molecule has 0 saturated heterocycles. The van der Waals surface area contributed by atoms with Crippen molar-refractivity contribution in [3.8, 4) is 0 Å². The van der Waals surface area contributed by atoms with Gasteiger partial charge in [0.05, 0.1) is 17.2 Å². The number of rotatable bonds is 3. The standard InChI is InChI=1S/C11H12O4/c1-7(2)15-11(14)9-5-3-4-8(6-9)10(12)13/h3-7H,1-2H3,(H,12,13). The summed E-state index contributed by atoms with van der Waals surface area (Å²) in [5.41, 5.74) is 0.330. The van der Waals surface area contributed by atoms with Gasteiger partial charge in [0.1, 0.15) is 0 Å². The monoisotopic (exact) mass is 208 g/mol. The molecule has 1 aromatic carbocycles. The van der Waals surface area contributed by atoms with Crippen molar-refractivity contribution in [3.05, 3.63) is 35.4 Å². The predicted octanol–water partition coefficient (Wildman–Crippen LogP) is 1.95. The average Bonchev–Trinajstić information content (AvgIpc) is 2.17. The molecule has 1 N–H and O–H groups in total. The van der Waals surface area contributed by atoms with Crippen LogP contribution in [0.1, 0.15) is 34.6 Å². The highest BCUT2D eigenvalue weighted by Crippen LogP contribution is 2.08. The first-order valence-corrected chi connectivity index (χ1v) is 4.55. The van der Waals surface area contributed by atoms with Crippen LogP contribution in [0.4, 0.5) is 0 Å². The molecule has 0 unspecified atom stereocenters. The van der Waals surface area contributed by atoms with Crippen molar-refractivity contribution in [2.24, 2.45) is 0 Å². The highest BCUT2D eigenvalue weighted by molar-refractivity contribution is 5.94. The van der Waals surface area contributed by atoms with Gasteiger partial charge >= 0.3 is 11.9 Å². The normalized spacial score (nSPS) is 10.1. The third-order valence-electron chi connectivity index (χ3n) is 1.69. The van der Waals surface area contributed by atoms with E-state index in [4.69, 9.17) is 9.84 Å². The van der Waals surface area contributed by atoms with Gasteiger partial charge in [-0.15, -0.1) is 0 Å². The fraction of sp³-hybridized carbons (Fsp3) is 0.273. The fourth-order valence-corrected chi connectivity index (χ4v) is 1.06. The van der Waals surface area contributed by atoms with E-state index in [1.807, 2.05) is 0 Å². The number of benzene rings is 1. The second kappa shape index (κ2) is 4.59. The number of aromatic carboxylic acids is 1. The molecule has 0 amide bonds. The Labute approximate surface area is 87.5 Å². The molecule has 0 aliphatic rings. The molecular weight excluding hydrogens is 196 g/mol. The first-order chi connectivity index (χ1) is 7.00. The Hall–Kier alpha value is -1.84. The number of ether oxygens (including phenoxy) is 1. The van der Waals surface area contributed by atoms with Crippen molar-refractivity contribution >= 4 is 11.9 Å². The third kappa shape index (κ3) is 3.09.